The first-order chi connectivity index (χ1) is 12.4. The van der Waals surface area contributed by atoms with Gasteiger partial charge in [0.15, 0.2) is 4.58 Å². The highest BCUT2D eigenvalue weighted by atomic mass is 32.3. The van der Waals surface area contributed by atoms with E-state index in [-0.39, 0.29) is 19.3 Å². The van der Waals surface area contributed by atoms with Gasteiger partial charge < -0.3 is 5.32 Å². The second kappa shape index (κ2) is 6.85. The zero-order valence-corrected chi connectivity index (χ0v) is 15.8. The van der Waals surface area contributed by atoms with E-state index in [0.29, 0.717) is 0 Å². The van der Waals surface area contributed by atoms with Crippen LogP contribution in [0.3, 0.4) is 0 Å². The van der Waals surface area contributed by atoms with Gasteiger partial charge >= 0.3 is 11.0 Å². The summed E-state index contributed by atoms with van der Waals surface area (Å²) in [4.78, 5) is 11.8. The Bertz CT molecular complexity index is 836. The monoisotopic (exact) mass is 458 g/mol. The van der Waals surface area contributed by atoms with Gasteiger partial charge in [0.25, 0.3) is 25.6 Å². The number of fused-ring (bicyclic) bond motifs is 2. The molecule has 1 amide bonds. The molecule has 2 rings (SSSR count). The minimum Gasteiger partial charge on any atom is -0.348 e. The van der Waals surface area contributed by atoms with Crippen LogP contribution in [0.2, 0.25) is 0 Å². The summed E-state index contributed by atoms with van der Waals surface area (Å²) in [6.07, 6.45) is 0.278. The summed E-state index contributed by atoms with van der Waals surface area (Å²) in [6.45, 7) is 1.01. The van der Waals surface area contributed by atoms with Gasteiger partial charge in [-0.3, -0.25) is 10.2 Å². The minimum atomic E-state index is -6.79. The smallest absolute Gasteiger partial charge is 0.348 e. The Morgan fingerprint density at radius 3 is 1.79 bits per heavy atom. The molecule has 0 saturated heterocycles. The van der Waals surface area contributed by atoms with Crippen LogP contribution < -0.4 is 5.32 Å². The van der Waals surface area contributed by atoms with Crippen molar-refractivity contribution in [2.45, 2.75) is 47.8 Å². The lowest BCUT2D eigenvalue weighted by atomic mass is 9.85. The Balaban J connectivity index is 2.65. The number of carbonyl (C=O) groups is 1. The second-order valence-electron chi connectivity index (χ2n) is 6.88. The molecule has 0 spiro atoms. The number of hydrogen-bond acceptors (Lipinski definition) is 6. The molecular weight excluding hydrogens is 442 g/mol. The average molecular weight is 458 g/mol. The van der Waals surface area contributed by atoms with Crippen molar-refractivity contribution in [3.8, 4) is 0 Å². The molecule has 162 valence electrons. The predicted molar refractivity (Wildman–Crippen MR) is 83.4 cm³/mol. The van der Waals surface area contributed by atoms with Gasteiger partial charge in [0.1, 0.15) is 0 Å². The zero-order chi connectivity index (χ0) is 21.9. The number of carbonyl (C=O) groups excluding carboxylic acids is 1. The Labute approximate surface area is 156 Å². The van der Waals surface area contributed by atoms with Crippen LogP contribution in [-0.2, 0) is 24.5 Å². The van der Waals surface area contributed by atoms with E-state index in [2.05, 4.69) is 5.32 Å². The van der Waals surface area contributed by atoms with Crippen molar-refractivity contribution in [1.82, 2.24) is 5.32 Å². The van der Waals surface area contributed by atoms with Crippen LogP contribution in [0.5, 0.6) is 0 Å². The van der Waals surface area contributed by atoms with E-state index in [0.717, 1.165) is 6.92 Å². The molecule has 0 aromatic carbocycles. The molecule has 2 aliphatic carbocycles. The molecule has 2 aliphatic rings. The van der Waals surface area contributed by atoms with Gasteiger partial charge in [0.05, 0.1) is 5.71 Å². The average Bonchev–Trinajstić information content (AvgIpc) is 3.07. The molecule has 15 heteroatoms. The fraction of sp³-hybridized carbons (Fsp3) is 0.846. The van der Waals surface area contributed by atoms with Crippen molar-refractivity contribution in [3.63, 3.8) is 0 Å². The van der Waals surface area contributed by atoms with Crippen molar-refractivity contribution in [3.05, 3.63) is 0 Å². The molecular formula is C13H16F6N2O5S2. The quantitative estimate of drug-likeness (QED) is 0.480. The van der Waals surface area contributed by atoms with E-state index in [1.165, 1.54) is 0 Å². The van der Waals surface area contributed by atoms with Crippen LogP contribution in [0.25, 0.3) is 0 Å². The van der Waals surface area contributed by atoms with Gasteiger partial charge in [0, 0.05) is 12.0 Å². The van der Waals surface area contributed by atoms with Gasteiger partial charge in [-0.2, -0.15) is 26.3 Å². The molecule has 0 radical (unpaired) electrons. The highest BCUT2D eigenvalue weighted by molar-refractivity contribution is 8.09. The number of hydrogen-bond donors (Lipinski definition) is 2. The lowest BCUT2D eigenvalue weighted by Crippen LogP contribution is -2.57. The summed E-state index contributed by atoms with van der Waals surface area (Å²) in [5, 5.41) is 9.27. The van der Waals surface area contributed by atoms with Gasteiger partial charge in [-0.25, -0.2) is 16.8 Å². The molecule has 0 aromatic heterocycles. The van der Waals surface area contributed by atoms with Crippen molar-refractivity contribution < 1.29 is 48.0 Å². The molecule has 4 atom stereocenters. The third-order valence-corrected chi connectivity index (χ3v) is 9.85. The number of nitrogens with one attached hydrogen (secondary N) is 2. The van der Waals surface area contributed by atoms with E-state index in [1.807, 2.05) is 0 Å². The molecule has 2 N–H and O–H groups in total. The van der Waals surface area contributed by atoms with Crippen molar-refractivity contribution in [2.75, 3.05) is 0 Å². The van der Waals surface area contributed by atoms with E-state index >= 15 is 0 Å². The number of amides is 1. The normalized spacial score (nSPS) is 28.6. The van der Waals surface area contributed by atoms with Gasteiger partial charge in [-0.1, -0.05) is 0 Å². The van der Waals surface area contributed by atoms with Crippen LogP contribution >= 0.6 is 0 Å². The largest absolute Gasteiger partial charge is 0.498 e. The van der Waals surface area contributed by atoms with Crippen LogP contribution in [0.4, 0.5) is 26.3 Å². The summed E-state index contributed by atoms with van der Waals surface area (Å²) in [6, 6.07) is -1.55. The maximum atomic E-state index is 13.1. The van der Waals surface area contributed by atoms with E-state index in [9.17, 15) is 48.0 Å². The summed E-state index contributed by atoms with van der Waals surface area (Å²) in [5.41, 5.74) is -13.1. The fourth-order valence-electron chi connectivity index (χ4n) is 4.05. The second-order valence-corrected chi connectivity index (χ2v) is 11.3. The Kier molecular flexibility index (Phi) is 5.60. The van der Waals surface area contributed by atoms with E-state index in [1.54, 1.807) is 0 Å². The molecule has 2 saturated carbocycles. The highest BCUT2D eigenvalue weighted by Crippen LogP contribution is 2.54. The third kappa shape index (κ3) is 3.62. The number of alkyl halides is 6. The Morgan fingerprint density at radius 1 is 0.964 bits per heavy atom. The zero-order valence-electron chi connectivity index (χ0n) is 14.1. The van der Waals surface area contributed by atoms with E-state index < -0.39 is 70.7 Å². The highest BCUT2D eigenvalue weighted by Gasteiger charge is 2.69. The minimum absolute atomic E-state index is 0.0239. The van der Waals surface area contributed by atoms with Gasteiger partial charge in [-0.15, -0.1) is 0 Å². The first-order valence-corrected chi connectivity index (χ1v) is 11.0. The molecule has 2 fully saturated rings. The molecule has 0 aromatic rings. The van der Waals surface area contributed by atoms with Gasteiger partial charge in [0.2, 0.25) is 0 Å². The first-order valence-electron chi connectivity index (χ1n) is 7.89. The SMILES string of the molecule is CC(=N)C(=O)NC1C2CCC(C2)C1C(S(=O)(=O)C(F)(F)F)S(=O)(=O)C(F)(F)F. The Morgan fingerprint density at radius 2 is 1.39 bits per heavy atom. The summed E-state index contributed by atoms with van der Waals surface area (Å²) >= 11 is 0. The summed E-state index contributed by atoms with van der Waals surface area (Å²) in [7, 11) is -13.6. The third-order valence-electron chi connectivity index (χ3n) is 5.19. The molecule has 4 unspecified atom stereocenters. The fourth-order valence-corrected chi connectivity index (χ4v) is 8.17. The summed E-state index contributed by atoms with van der Waals surface area (Å²) in [5.74, 6) is -5.02. The maximum Gasteiger partial charge on any atom is 0.498 e. The standard InChI is InChI=1S/C13H16F6N2O5S2/c1-5(20)10(22)21-9-7-3-2-6(4-7)8(9)11(27(23,24)12(14,15)16)28(25,26)13(17,18)19/h6-9,11,20H,2-4H2,1H3,(H,21,22). The Hall–Kier alpha value is -1.38. The van der Waals surface area contributed by atoms with Gasteiger partial charge in [-0.05, 0) is 38.0 Å². The summed E-state index contributed by atoms with van der Waals surface area (Å²) < 4.78 is 122. The van der Waals surface area contributed by atoms with Crippen molar-refractivity contribution >= 4 is 31.3 Å². The maximum absolute atomic E-state index is 13.1. The van der Waals surface area contributed by atoms with Crippen molar-refractivity contribution in [2.24, 2.45) is 17.8 Å². The molecule has 2 bridgehead atoms. The molecule has 7 nitrogen and oxygen atoms in total. The number of sulfone groups is 2. The predicted octanol–water partition coefficient (Wildman–Crippen LogP) is 1.75. The topological polar surface area (TPSA) is 121 Å². The lowest BCUT2D eigenvalue weighted by Gasteiger charge is -2.36. The molecule has 0 heterocycles. The van der Waals surface area contributed by atoms with Crippen LogP contribution in [0.1, 0.15) is 26.2 Å². The van der Waals surface area contributed by atoms with Crippen LogP contribution in [-0.4, -0.2) is 50.1 Å². The number of rotatable bonds is 5. The van der Waals surface area contributed by atoms with Crippen LogP contribution in [0, 0.1) is 23.2 Å². The van der Waals surface area contributed by atoms with Crippen LogP contribution in [0.15, 0.2) is 0 Å². The van der Waals surface area contributed by atoms with Crippen molar-refractivity contribution in [1.29, 1.82) is 5.41 Å². The number of halogens is 6. The molecule has 28 heavy (non-hydrogen) atoms. The van der Waals surface area contributed by atoms with E-state index in [4.69, 9.17) is 5.41 Å². The first kappa shape index (κ1) is 22.9. The lowest BCUT2D eigenvalue weighted by molar-refractivity contribution is -0.116. The molecule has 0 aliphatic heterocycles.